The van der Waals surface area contributed by atoms with Gasteiger partial charge in [0, 0.05) is 40.3 Å². The molecular weight excluding hydrogens is 581 g/mol. The van der Waals surface area contributed by atoms with Gasteiger partial charge in [-0.2, -0.15) is 0 Å². The Morgan fingerprint density at radius 2 is 0.822 bits per heavy atom. The van der Waals surface area contributed by atoms with E-state index in [1.807, 2.05) is 22.7 Å². The molecule has 0 bridgehead atoms. The molecule has 0 N–H and O–H groups in total. The maximum atomic E-state index is 2.46. The van der Waals surface area contributed by atoms with Crippen LogP contribution in [0.15, 0.2) is 109 Å². The first-order valence-electron chi connectivity index (χ1n) is 16.1. The minimum atomic E-state index is 0.506. The number of rotatable bonds is 4. The summed E-state index contributed by atoms with van der Waals surface area (Å²) in [6.07, 6.45) is 1.00. The Labute approximate surface area is 272 Å². The summed E-state index contributed by atoms with van der Waals surface area (Å²) in [5.41, 5.74) is 13.8. The van der Waals surface area contributed by atoms with E-state index >= 15 is 0 Å². The van der Waals surface area contributed by atoms with Crippen LogP contribution < -0.4 is 0 Å². The number of fused-ring (bicyclic) bond motifs is 9. The summed E-state index contributed by atoms with van der Waals surface area (Å²) in [5, 5.41) is 5.51. The van der Waals surface area contributed by atoms with Crippen LogP contribution >= 0.6 is 22.7 Å². The first-order valence-corrected chi connectivity index (χ1v) is 17.7. The third-order valence-corrected chi connectivity index (χ3v) is 12.5. The van der Waals surface area contributed by atoms with Gasteiger partial charge in [0.2, 0.25) is 0 Å². The summed E-state index contributed by atoms with van der Waals surface area (Å²) in [4.78, 5) is 0. The van der Waals surface area contributed by atoms with Gasteiger partial charge in [-0.3, -0.25) is 0 Å². The molecule has 0 saturated heterocycles. The van der Waals surface area contributed by atoms with E-state index < -0.39 is 0 Å². The van der Waals surface area contributed by atoms with E-state index in [9.17, 15) is 0 Å². The fourth-order valence-corrected chi connectivity index (χ4v) is 10.5. The number of hydrogen-bond donors (Lipinski definition) is 0. The fourth-order valence-electron chi connectivity index (χ4n) is 7.55. The van der Waals surface area contributed by atoms with Crippen LogP contribution in [0, 0.1) is 0 Å². The molecule has 6 aromatic carbocycles. The van der Waals surface area contributed by atoms with Gasteiger partial charge in [0.15, 0.2) is 0 Å². The largest absolute Gasteiger partial charge is 0.134 e. The second-order valence-electron chi connectivity index (χ2n) is 13.2. The molecule has 0 unspecified atom stereocenters. The highest BCUT2D eigenvalue weighted by Crippen LogP contribution is 2.47. The van der Waals surface area contributed by atoms with E-state index in [0.717, 1.165) is 6.42 Å². The summed E-state index contributed by atoms with van der Waals surface area (Å²) in [7, 11) is 0. The molecule has 218 valence electrons. The van der Waals surface area contributed by atoms with Crippen LogP contribution in [0.25, 0.3) is 73.7 Å². The van der Waals surface area contributed by atoms with Gasteiger partial charge >= 0.3 is 0 Å². The molecular formula is C43H34S2. The Kier molecular flexibility index (Phi) is 6.11. The lowest BCUT2D eigenvalue weighted by atomic mass is 9.95. The van der Waals surface area contributed by atoms with E-state index in [1.165, 1.54) is 96.0 Å². The van der Waals surface area contributed by atoms with Crippen molar-refractivity contribution in [2.75, 3.05) is 0 Å². The second-order valence-corrected chi connectivity index (χ2v) is 15.3. The van der Waals surface area contributed by atoms with E-state index in [0.29, 0.717) is 11.8 Å². The van der Waals surface area contributed by atoms with Crippen molar-refractivity contribution in [3.63, 3.8) is 0 Å². The molecule has 0 atom stereocenters. The van der Waals surface area contributed by atoms with Crippen molar-refractivity contribution in [2.24, 2.45) is 0 Å². The van der Waals surface area contributed by atoms with Gasteiger partial charge in [-0.1, -0.05) is 125 Å². The molecule has 8 aromatic rings. The lowest BCUT2D eigenvalue weighted by Crippen LogP contribution is -1.85. The van der Waals surface area contributed by atoms with Gasteiger partial charge in [0.1, 0.15) is 0 Å². The van der Waals surface area contributed by atoms with E-state index in [1.54, 1.807) is 0 Å². The molecule has 1 aliphatic carbocycles. The van der Waals surface area contributed by atoms with Gasteiger partial charge in [0.05, 0.1) is 0 Å². The smallest absolute Gasteiger partial charge is 0.0433 e. The maximum Gasteiger partial charge on any atom is 0.0433 e. The highest BCUT2D eigenvalue weighted by atomic mass is 32.1. The minimum Gasteiger partial charge on any atom is -0.134 e. The minimum absolute atomic E-state index is 0.506. The van der Waals surface area contributed by atoms with Gasteiger partial charge in [-0.25, -0.2) is 0 Å². The molecule has 0 spiro atoms. The third kappa shape index (κ3) is 4.09. The summed E-state index contributed by atoms with van der Waals surface area (Å²) >= 11 is 3.93. The molecule has 0 fully saturated rings. The molecule has 45 heavy (non-hydrogen) atoms. The van der Waals surface area contributed by atoms with Crippen LogP contribution in [0.4, 0.5) is 0 Å². The molecule has 2 heterocycles. The van der Waals surface area contributed by atoms with Crippen molar-refractivity contribution in [1.29, 1.82) is 0 Å². The second kappa shape index (κ2) is 10.1. The monoisotopic (exact) mass is 614 g/mol. The normalized spacial score (nSPS) is 12.8. The Bertz CT molecular complexity index is 2290. The predicted octanol–water partition coefficient (Wildman–Crippen LogP) is 13.6. The van der Waals surface area contributed by atoms with Crippen LogP contribution in [0.1, 0.15) is 61.8 Å². The zero-order valence-electron chi connectivity index (χ0n) is 26.1. The first-order chi connectivity index (χ1) is 22.0. The standard InChI is InChI=1S/C43H34S2/c1-24(2)30-9-5-13-34-36-15-7-11-32(42(36)44-40(30)34)28-19-17-26-21-27-18-20-29(23-39(27)38(26)22-28)33-12-8-16-37-35-14-6-10-31(25(3)4)41(35)45-43(33)37/h5-20,22-25H,21H2,1-4H3. The number of hydrogen-bond acceptors (Lipinski definition) is 2. The zero-order valence-corrected chi connectivity index (χ0v) is 27.7. The molecule has 2 aromatic heterocycles. The molecule has 2 heteroatoms. The predicted molar refractivity (Wildman–Crippen MR) is 200 cm³/mol. The van der Waals surface area contributed by atoms with Crippen LogP contribution in [-0.2, 0) is 6.42 Å². The molecule has 0 amide bonds. The van der Waals surface area contributed by atoms with Crippen molar-refractivity contribution in [3.05, 3.63) is 131 Å². The van der Waals surface area contributed by atoms with E-state index in [2.05, 4.69) is 137 Å². The molecule has 0 saturated carbocycles. The molecule has 0 nitrogen and oxygen atoms in total. The number of thiophene rings is 2. The SMILES string of the molecule is CC(C)c1cccc2c1sc1c(-c3ccc4c(c3)-c3cc(-c5cccc6c5sc5c(C(C)C)cccc56)ccc3C4)cccc12. The van der Waals surface area contributed by atoms with Gasteiger partial charge < -0.3 is 0 Å². The van der Waals surface area contributed by atoms with Crippen molar-refractivity contribution >= 4 is 63.0 Å². The average Bonchev–Trinajstić information content (AvgIpc) is 3.74. The Hall–Kier alpha value is -4.24. The van der Waals surface area contributed by atoms with Gasteiger partial charge in [-0.05, 0) is 86.0 Å². The van der Waals surface area contributed by atoms with Crippen LogP contribution in [0.3, 0.4) is 0 Å². The Balaban J connectivity index is 1.19. The molecule has 0 aliphatic heterocycles. The summed E-state index contributed by atoms with van der Waals surface area (Å²) in [6.45, 7) is 9.21. The van der Waals surface area contributed by atoms with Crippen molar-refractivity contribution in [3.8, 4) is 33.4 Å². The van der Waals surface area contributed by atoms with Crippen molar-refractivity contribution in [2.45, 2.75) is 46.0 Å². The van der Waals surface area contributed by atoms with Crippen LogP contribution in [0.5, 0.6) is 0 Å². The first kappa shape index (κ1) is 27.1. The number of benzene rings is 6. The highest BCUT2D eigenvalue weighted by molar-refractivity contribution is 7.27. The van der Waals surface area contributed by atoms with E-state index in [4.69, 9.17) is 0 Å². The molecule has 1 aliphatic rings. The van der Waals surface area contributed by atoms with Crippen molar-refractivity contribution < 1.29 is 0 Å². The third-order valence-electron chi connectivity index (χ3n) is 9.87. The van der Waals surface area contributed by atoms with Gasteiger partial charge in [-0.15, -0.1) is 22.7 Å². The summed E-state index contributed by atoms with van der Waals surface area (Å²) in [5.74, 6) is 1.01. The Morgan fingerprint density at radius 1 is 0.422 bits per heavy atom. The van der Waals surface area contributed by atoms with Crippen LogP contribution in [0.2, 0.25) is 0 Å². The highest BCUT2D eigenvalue weighted by Gasteiger charge is 2.22. The molecule has 9 rings (SSSR count). The van der Waals surface area contributed by atoms with Crippen molar-refractivity contribution in [1.82, 2.24) is 0 Å². The maximum absolute atomic E-state index is 2.46. The average molecular weight is 615 g/mol. The lowest BCUT2D eigenvalue weighted by molar-refractivity contribution is 0.878. The molecule has 0 radical (unpaired) electrons. The summed E-state index contributed by atoms with van der Waals surface area (Å²) < 4.78 is 5.65. The summed E-state index contributed by atoms with van der Waals surface area (Å²) in [6, 6.07) is 41.7. The topological polar surface area (TPSA) is 0 Å². The lowest BCUT2D eigenvalue weighted by Gasteiger charge is -2.10. The zero-order chi connectivity index (χ0) is 30.4. The van der Waals surface area contributed by atoms with E-state index in [-0.39, 0.29) is 0 Å². The quantitative estimate of drug-likeness (QED) is 0.185. The fraction of sp³-hybridized carbons (Fsp3) is 0.163. The Morgan fingerprint density at radius 3 is 1.24 bits per heavy atom. The van der Waals surface area contributed by atoms with Crippen LogP contribution in [-0.4, -0.2) is 0 Å². The van der Waals surface area contributed by atoms with Gasteiger partial charge in [0.25, 0.3) is 0 Å².